The molecule has 0 saturated heterocycles. The summed E-state index contributed by atoms with van der Waals surface area (Å²) < 4.78 is 5.34. The number of nitrogen functional groups attached to an aromatic ring is 1. The number of rotatable bonds is 2. The molecule has 0 saturated carbocycles. The molecule has 0 aliphatic carbocycles. The second-order valence-electron chi connectivity index (χ2n) is 4.88. The number of hydrogen-bond donors (Lipinski definition) is 1. The Morgan fingerprint density at radius 1 is 1.00 bits per heavy atom. The smallest absolute Gasteiger partial charge is 0.260 e. The number of aryl methyl sites for hydroxylation is 2. The van der Waals surface area contributed by atoms with Gasteiger partial charge in [-0.1, -0.05) is 40.5 Å². The van der Waals surface area contributed by atoms with Crippen LogP contribution in [0.15, 0.2) is 47.0 Å². The highest BCUT2D eigenvalue weighted by Gasteiger charge is 2.13. The Morgan fingerprint density at radius 3 is 2.60 bits per heavy atom. The molecule has 20 heavy (non-hydrogen) atoms. The van der Waals surface area contributed by atoms with Crippen LogP contribution in [0.4, 0.5) is 5.69 Å². The molecule has 2 aromatic carbocycles. The molecule has 0 amide bonds. The predicted octanol–water partition coefficient (Wildman–Crippen LogP) is 3.60. The average molecular weight is 265 g/mol. The van der Waals surface area contributed by atoms with Gasteiger partial charge < -0.3 is 10.3 Å². The standard InChI is InChI=1S/C16H15N3O/c1-10-4-3-5-12(8-10)15-18-16(20-19-15)13-9-11(2)6-7-14(13)17/h3-9H,17H2,1-2H3. The second-order valence-corrected chi connectivity index (χ2v) is 4.88. The molecule has 4 nitrogen and oxygen atoms in total. The zero-order valence-corrected chi connectivity index (χ0v) is 11.4. The fourth-order valence-corrected chi connectivity index (χ4v) is 2.09. The highest BCUT2D eigenvalue weighted by Crippen LogP contribution is 2.27. The predicted molar refractivity (Wildman–Crippen MR) is 79.1 cm³/mol. The van der Waals surface area contributed by atoms with Crippen molar-refractivity contribution in [2.45, 2.75) is 13.8 Å². The summed E-state index contributed by atoms with van der Waals surface area (Å²) in [5.74, 6) is 1.02. The van der Waals surface area contributed by atoms with E-state index in [4.69, 9.17) is 10.3 Å². The minimum absolute atomic E-state index is 0.447. The quantitative estimate of drug-likeness (QED) is 0.719. The van der Waals surface area contributed by atoms with Crippen molar-refractivity contribution in [3.63, 3.8) is 0 Å². The summed E-state index contributed by atoms with van der Waals surface area (Å²) in [6.45, 7) is 4.03. The van der Waals surface area contributed by atoms with Gasteiger partial charge in [0.15, 0.2) is 0 Å². The van der Waals surface area contributed by atoms with E-state index in [9.17, 15) is 0 Å². The molecule has 3 rings (SSSR count). The molecule has 0 unspecified atom stereocenters. The van der Waals surface area contributed by atoms with Crippen molar-refractivity contribution in [2.24, 2.45) is 0 Å². The van der Waals surface area contributed by atoms with Gasteiger partial charge in [0.05, 0.1) is 5.56 Å². The molecule has 0 atom stereocenters. The second kappa shape index (κ2) is 4.81. The lowest BCUT2D eigenvalue weighted by molar-refractivity contribution is 0.432. The first-order valence-electron chi connectivity index (χ1n) is 6.41. The molecular formula is C16H15N3O. The summed E-state index contributed by atoms with van der Waals surface area (Å²) in [7, 11) is 0. The maximum Gasteiger partial charge on any atom is 0.260 e. The Morgan fingerprint density at radius 2 is 1.80 bits per heavy atom. The van der Waals surface area contributed by atoms with Crippen LogP contribution in [0.1, 0.15) is 11.1 Å². The highest BCUT2D eigenvalue weighted by molar-refractivity contribution is 5.72. The van der Waals surface area contributed by atoms with Crippen LogP contribution in [0.5, 0.6) is 0 Å². The molecule has 2 N–H and O–H groups in total. The first-order chi connectivity index (χ1) is 9.63. The van der Waals surface area contributed by atoms with E-state index in [1.807, 2.05) is 56.3 Å². The maximum absolute atomic E-state index is 5.97. The van der Waals surface area contributed by atoms with Crippen LogP contribution in [0.3, 0.4) is 0 Å². The van der Waals surface area contributed by atoms with Crippen molar-refractivity contribution in [1.29, 1.82) is 0 Å². The van der Waals surface area contributed by atoms with E-state index in [2.05, 4.69) is 10.1 Å². The number of aromatic nitrogens is 2. The van der Waals surface area contributed by atoms with E-state index in [-0.39, 0.29) is 0 Å². The van der Waals surface area contributed by atoms with E-state index in [1.54, 1.807) is 0 Å². The van der Waals surface area contributed by atoms with Gasteiger partial charge in [0.2, 0.25) is 5.82 Å². The summed E-state index contributed by atoms with van der Waals surface area (Å²) in [6.07, 6.45) is 0. The molecule has 1 aromatic heterocycles. The van der Waals surface area contributed by atoms with Crippen LogP contribution in [0, 0.1) is 13.8 Å². The van der Waals surface area contributed by atoms with Gasteiger partial charge in [-0.2, -0.15) is 4.98 Å². The van der Waals surface area contributed by atoms with Gasteiger partial charge in [-0.15, -0.1) is 0 Å². The van der Waals surface area contributed by atoms with Crippen molar-refractivity contribution in [1.82, 2.24) is 10.1 Å². The lowest BCUT2D eigenvalue weighted by Crippen LogP contribution is -1.91. The molecule has 0 fully saturated rings. The first kappa shape index (κ1) is 12.4. The molecule has 0 radical (unpaired) electrons. The lowest BCUT2D eigenvalue weighted by atomic mass is 10.1. The number of anilines is 1. The van der Waals surface area contributed by atoms with Crippen molar-refractivity contribution in [2.75, 3.05) is 5.73 Å². The zero-order valence-electron chi connectivity index (χ0n) is 11.4. The summed E-state index contributed by atoms with van der Waals surface area (Å²) in [5, 5.41) is 4.03. The molecule has 1 heterocycles. The maximum atomic E-state index is 5.97. The van der Waals surface area contributed by atoms with Crippen molar-refractivity contribution in [3.05, 3.63) is 53.6 Å². The van der Waals surface area contributed by atoms with Gasteiger partial charge in [-0.25, -0.2) is 0 Å². The fraction of sp³-hybridized carbons (Fsp3) is 0.125. The number of nitrogens with two attached hydrogens (primary N) is 1. The van der Waals surface area contributed by atoms with Crippen LogP contribution >= 0.6 is 0 Å². The summed E-state index contributed by atoms with van der Waals surface area (Å²) in [5.41, 5.74) is 10.6. The van der Waals surface area contributed by atoms with E-state index in [0.717, 1.165) is 22.3 Å². The minimum Gasteiger partial charge on any atom is -0.398 e. The lowest BCUT2D eigenvalue weighted by Gasteiger charge is -2.01. The Hall–Kier alpha value is -2.62. The summed E-state index contributed by atoms with van der Waals surface area (Å²) in [6, 6.07) is 13.7. The van der Waals surface area contributed by atoms with Crippen LogP contribution < -0.4 is 5.73 Å². The van der Waals surface area contributed by atoms with Gasteiger partial charge in [0.1, 0.15) is 0 Å². The van der Waals surface area contributed by atoms with Crippen LogP contribution in [-0.4, -0.2) is 10.1 Å². The monoisotopic (exact) mass is 265 g/mol. The Kier molecular flexibility index (Phi) is 2.99. The molecule has 0 bridgehead atoms. The topological polar surface area (TPSA) is 64.9 Å². The molecular weight excluding hydrogens is 250 g/mol. The molecule has 0 aliphatic heterocycles. The fourth-order valence-electron chi connectivity index (χ4n) is 2.09. The van der Waals surface area contributed by atoms with Gasteiger partial charge >= 0.3 is 0 Å². The zero-order chi connectivity index (χ0) is 14.1. The average Bonchev–Trinajstić information content (AvgIpc) is 2.91. The highest BCUT2D eigenvalue weighted by atomic mass is 16.5. The van der Waals surface area contributed by atoms with E-state index >= 15 is 0 Å². The number of nitrogens with zero attached hydrogens (tertiary/aromatic N) is 2. The summed E-state index contributed by atoms with van der Waals surface area (Å²) in [4.78, 5) is 4.44. The third kappa shape index (κ3) is 2.28. The Balaban J connectivity index is 2.04. The van der Waals surface area contributed by atoms with E-state index in [1.165, 1.54) is 0 Å². The molecule has 0 aliphatic rings. The van der Waals surface area contributed by atoms with Crippen molar-refractivity contribution >= 4 is 5.69 Å². The number of hydrogen-bond acceptors (Lipinski definition) is 4. The van der Waals surface area contributed by atoms with Gasteiger partial charge in [0.25, 0.3) is 5.89 Å². The molecule has 3 aromatic rings. The van der Waals surface area contributed by atoms with Gasteiger partial charge in [-0.3, -0.25) is 0 Å². The van der Waals surface area contributed by atoms with Crippen molar-refractivity contribution in [3.8, 4) is 22.8 Å². The third-order valence-electron chi connectivity index (χ3n) is 3.14. The van der Waals surface area contributed by atoms with Gasteiger partial charge in [0, 0.05) is 11.3 Å². The van der Waals surface area contributed by atoms with Crippen LogP contribution in [0.25, 0.3) is 22.8 Å². The normalized spacial score (nSPS) is 10.7. The third-order valence-corrected chi connectivity index (χ3v) is 3.14. The molecule has 100 valence electrons. The first-order valence-corrected chi connectivity index (χ1v) is 6.41. The van der Waals surface area contributed by atoms with E-state index < -0.39 is 0 Å². The van der Waals surface area contributed by atoms with Crippen molar-refractivity contribution < 1.29 is 4.52 Å². The van der Waals surface area contributed by atoms with Crippen LogP contribution in [0.2, 0.25) is 0 Å². The largest absolute Gasteiger partial charge is 0.398 e. The minimum atomic E-state index is 0.447. The Labute approximate surface area is 117 Å². The SMILES string of the molecule is Cc1cccc(-c2noc(-c3cc(C)ccc3N)n2)c1. The Bertz CT molecular complexity index is 762. The van der Waals surface area contributed by atoms with Crippen LogP contribution in [-0.2, 0) is 0 Å². The van der Waals surface area contributed by atoms with E-state index in [0.29, 0.717) is 17.4 Å². The molecule has 4 heteroatoms. The number of benzene rings is 2. The molecule has 0 spiro atoms. The summed E-state index contributed by atoms with van der Waals surface area (Å²) >= 11 is 0. The van der Waals surface area contributed by atoms with Gasteiger partial charge in [-0.05, 0) is 32.0 Å².